The second-order valence-corrected chi connectivity index (χ2v) is 14.3. The van der Waals surface area contributed by atoms with Crippen molar-refractivity contribution in [1.29, 1.82) is 0 Å². The summed E-state index contributed by atoms with van der Waals surface area (Å²) in [6, 6.07) is 7.50. The number of piperidine rings is 1. The zero-order valence-electron chi connectivity index (χ0n) is 26.2. The summed E-state index contributed by atoms with van der Waals surface area (Å²) in [5.74, 6) is -1.79. The number of rotatable bonds is 14. The summed E-state index contributed by atoms with van der Waals surface area (Å²) >= 11 is 0. The molecule has 0 aliphatic carbocycles. The van der Waals surface area contributed by atoms with Crippen LogP contribution >= 0.6 is 0 Å². The van der Waals surface area contributed by atoms with E-state index in [0.717, 1.165) is 11.8 Å². The molecule has 13 nitrogen and oxygen atoms in total. The van der Waals surface area contributed by atoms with Crippen LogP contribution in [0, 0.1) is 5.92 Å². The molecule has 0 spiro atoms. The number of benzene rings is 1. The molecule has 2 fully saturated rings. The topological polar surface area (TPSA) is 172 Å². The Morgan fingerprint density at radius 2 is 1.75 bits per heavy atom. The SMILES string of the molecule is CC(=O)OC(C)(C)CCC(=O)N=NCN1CCC(CN([C@H](Cc2ccccc2)C(=O)N2CCC[C@H]2C(N)=O)S(C)(=O)=O)CC1. The number of esters is 1. The lowest BCUT2D eigenvalue weighted by molar-refractivity contribution is -0.154. The number of carbonyl (C=O) groups is 4. The van der Waals surface area contributed by atoms with E-state index >= 15 is 0 Å². The van der Waals surface area contributed by atoms with Crippen molar-refractivity contribution in [1.82, 2.24) is 14.1 Å². The molecule has 2 aliphatic rings. The Kier molecular flexibility index (Phi) is 12.6. The average molecular weight is 635 g/mol. The van der Waals surface area contributed by atoms with Gasteiger partial charge in [-0.15, -0.1) is 5.11 Å². The van der Waals surface area contributed by atoms with Crippen molar-refractivity contribution >= 4 is 33.7 Å². The number of primary amides is 1. The van der Waals surface area contributed by atoms with Crippen molar-refractivity contribution in [3.63, 3.8) is 0 Å². The van der Waals surface area contributed by atoms with Crippen LogP contribution in [0.5, 0.6) is 0 Å². The minimum atomic E-state index is -3.80. The Balaban J connectivity index is 1.63. The molecule has 2 saturated heterocycles. The third kappa shape index (κ3) is 10.7. The number of hydrogen-bond acceptors (Lipinski definition) is 9. The third-order valence-electron chi connectivity index (χ3n) is 8.15. The zero-order chi connectivity index (χ0) is 32.5. The van der Waals surface area contributed by atoms with Gasteiger partial charge in [0.1, 0.15) is 24.4 Å². The summed E-state index contributed by atoms with van der Waals surface area (Å²) in [5.41, 5.74) is 5.64. The first-order chi connectivity index (χ1) is 20.7. The van der Waals surface area contributed by atoms with Crippen LogP contribution < -0.4 is 5.73 Å². The summed E-state index contributed by atoms with van der Waals surface area (Å²) < 4.78 is 32.8. The van der Waals surface area contributed by atoms with E-state index in [1.54, 1.807) is 13.8 Å². The Bertz CT molecular complexity index is 1300. The highest BCUT2D eigenvalue weighted by Crippen LogP contribution is 2.26. The van der Waals surface area contributed by atoms with E-state index in [-0.39, 0.29) is 32.0 Å². The number of ether oxygens (including phenoxy) is 1. The van der Waals surface area contributed by atoms with Crippen LogP contribution in [0.3, 0.4) is 0 Å². The van der Waals surface area contributed by atoms with Gasteiger partial charge >= 0.3 is 5.97 Å². The maximum absolute atomic E-state index is 13.9. The van der Waals surface area contributed by atoms with Crippen LogP contribution in [0.15, 0.2) is 40.6 Å². The first-order valence-electron chi connectivity index (χ1n) is 15.1. The van der Waals surface area contributed by atoms with E-state index < -0.39 is 51.4 Å². The van der Waals surface area contributed by atoms with E-state index in [9.17, 15) is 27.6 Å². The number of azo groups is 1. The predicted octanol–water partition coefficient (Wildman–Crippen LogP) is 2.11. The number of nitrogens with two attached hydrogens (primary N) is 1. The number of amides is 3. The summed E-state index contributed by atoms with van der Waals surface area (Å²) in [4.78, 5) is 52.8. The second kappa shape index (κ2) is 15.7. The van der Waals surface area contributed by atoms with Gasteiger partial charge in [0.05, 0.1) is 6.26 Å². The molecule has 0 aromatic heterocycles. The number of likely N-dealkylation sites (tertiary alicyclic amines) is 2. The van der Waals surface area contributed by atoms with Gasteiger partial charge in [-0.05, 0) is 63.9 Å². The Labute approximate surface area is 260 Å². The molecule has 0 radical (unpaired) electrons. The van der Waals surface area contributed by atoms with Crippen molar-refractivity contribution in [3.05, 3.63) is 35.9 Å². The van der Waals surface area contributed by atoms with Gasteiger partial charge in [0.2, 0.25) is 21.8 Å². The van der Waals surface area contributed by atoms with Gasteiger partial charge in [-0.2, -0.15) is 9.42 Å². The molecular formula is C30H46N6O7S. The lowest BCUT2D eigenvalue weighted by atomic mass is 9.96. The molecule has 3 rings (SSSR count). The monoisotopic (exact) mass is 634 g/mol. The quantitative estimate of drug-likeness (QED) is 0.239. The van der Waals surface area contributed by atoms with Crippen molar-refractivity contribution in [2.24, 2.45) is 21.9 Å². The number of sulfonamides is 1. The Morgan fingerprint density at radius 3 is 2.34 bits per heavy atom. The number of carbonyl (C=O) groups excluding carboxylic acids is 4. The molecule has 0 saturated carbocycles. The number of hydrogen-bond donors (Lipinski definition) is 1. The van der Waals surface area contributed by atoms with E-state index in [1.807, 2.05) is 35.2 Å². The van der Waals surface area contributed by atoms with Crippen LogP contribution in [-0.4, -0.2) is 103 Å². The highest BCUT2D eigenvalue weighted by atomic mass is 32.2. The van der Waals surface area contributed by atoms with Gasteiger partial charge in [-0.1, -0.05) is 30.3 Å². The third-order valence-corrected chi connectivity index (χ3v) is 9.40. The van der Waals surface area contributed by atoms with Crippen LogP contribution in [0.2, 0.25) is 0 Å². The fraction of sp³-hybridized carbons (Fsp3) is 0.667. The summed E-state index contributed by atoms with van der Waals surface area (Å²) in [6.07, 6.45) is 4.18. The Hall–Kier alpha value is -3.23. The molecule has 2 heterocycles. The van der Waals surface area contributed by atoms with Gasteiger partial charge in [0.15, 0.2) is 0 Å². The molecule has 1 aromatic carbocycles. The van der Waals surface area contributed by atoms with Crippen molar-refractivity contribution in [3.8, 4) is 0 Å². The van der Waals surface area contributed by atoms with Gasteiger partial charge in [0, 0.05) is 39.5 Å². The highest BCUT2D eigenvalue weighted by Gasteiger charge is 2.41. The van der Waals surface area contributed by atoms with Gasteiger partial charge in [-0.3, -0.25) is 24.1 Å². The van der Waals surface area contributed by atoms with Crippen LogP contribution in [0.1, 0.15) is 64.9 Å². The van der Waals surface area contributed by atoms with Crippen LogP contribution in [0.25, 0.3) is 0 Å². The highest BCUT2D eigenvalue weighted by molar-refractivity contribution is 7.88. The fourth-order valence-electron chi connectivity index (χ4n) is 5.82. The standard InChI is InChI=1S/C30H46N6O7S/c1-22(37)43-30(2,3)15-12-27(38)33-32-21-34-17-13-24(14-18-34)20-36(44(4,41)42)26(19-23-9-6-5-7-10-23)29(40)35-16-8-11-25(35)28(31)39/h5-7,9-10,24-26H,8,11-21H2,1-4H3,(H2,31,39)/t25-,26+/m0/s1. The summed E-state index contributed by atoms with van der Waals surface area (Å²) in [6.45, 7) is 6.81. The smallest absolute Gasteiger partial charge is 0.303 e. The largest absolute Gasteiger partial charge is 0.460 e. The molecule has 3 amide bonds. The molecule has 2 N–H and O–H groups in total. The molecule has 0 unspecified atom stereocenters. The van der Waals surface area contributed by atoms with E-state index in [0.29, 0.717) is 51.7 Å². The average Bonchev–Trinajstić information content (AvgIpc) is 3.44. The first-order valence-corrected chi connectivity index (χ1v) is 16.9. The minimum Gasteiger partial charge on any atom is -0.460 e. The van der Waals surface area contributed by atoms with Gasteiger partial charge < -0.3 is 15.4 Å². The molecule has 244 valence electrons. The minimum absolute atomic E-state index is 0.000332. The first kappa shape index (κ1) is 35.3. The summed E-state index contributed by atoms with van der Waals surface area (Å²) in [5, 5.41) is 7.83. The zero-order valence-corrected chi connectivity index (χ0v) is 27.0. The molecular weight excluding hydrogens is 588 g/mol. The second-order valence-electron chi connectivity index (χ2n) is 12.3. The van der Waals surface area contributed by atoms with Crippen LogP contribution in [0.4, 0.5) is 0 Å². The lowest BCUT2D eigenvalue weighted by Crippen LogP contribution is -2.56. The molecule has 0 bridgehead atoms. The molecule has 1 aromatic rings. The van der Waals surface area contributed by atoms with Gasteiger partial charge in [0.25, 0.3) is 5.91 Å². The van der Waals surface area contributed by atoms with Crippen molar-refractivity contribution in [2.75, 3.05) is 39.1 Å². The molecule has 2 atom stereocenters. The molecule has 44 heavy (non-hydrogen) atoms. The van der Waals surface area contributed by atoms with E-state index in [4.69, 9.17) is 10.5 Å². The van der Waals surface area contributed by atoms with E-state index in [1.165, 1.54) is 16.1 Å². The number of nitrogens with zero attached hydrogens (tertiary/aromatic N) is 5. The van der Waals surface area contributed by atoms with Crippen LogP contribution in [-0.2, 0) is 40.4 Å². The fourth-order valence-corrected chi connectivity index (χ4v) is 6.93. The predicted molar refractivity (Wildman–Crippen MR) is 164 cm³/mol. The molecule has 2 aliphatic heterocycles. The maximum Gasteiger partial charge on any atom is 0.303 e. The Morgan fingerprint density at radius 1 is 1.09 bits per heavy atom. The maximum atomic E-state index is 13.9. The molecule has 14 heteroatoms. The summed E-state index contributed by atoms with van der Waals surface area (Å²) in [7, 11) is -3.80. The van der Waals surface area contributed by atoms with Crippen molar-refractivity contribution < 1.29 is 32.3 Å². The van der Waals surface area contributed by atoms with E-state index in [2.05, 4.69) is 10.2 Å². The van der Waals surface area contributed by atoms with Gasteiger partial charge in [-0.25, -0.2) is 8.42 Å². The van der Waals surface area contributed by atoms with Crippen molar-refractivity contribution in [2.45, 2.75) is 83.4 Å². The lowest BCUT2D eigenvalue weighted by Gasteiger charge is -2.37. The normalized spacial score (nSPS) is 19.4.